The standard InChI is InChI=1S/Bi.2HI.K.2H/h;2*1H;;;/q+2;;;;;/p-2. The fraction of sp³-hybridized carbons (Fsp3) is 0. The predicted molar refractivity (Wildman–Crippen MR) is 42.3 cm³/mol. The minimum atomic E-state index is 0. The van der Waals surface area contributed by atoms with E-state index in [1.165, 1.54) is 0 Å². The summed E-state index contributed by atoms with van der Waals surface area (Å²) in [7, 11) is 0. The van der Waals surface area contributed by atoms with Gasteiger partial charge in [-0.3, -0.25) is 0 Å². The van der Waals surface area contributed by atoms with Crippen LogP contribution < -0.4 is 0 Å². The predicted octanol–water partition coefficient (Wildman–Crippen LogP) is 0.474. The first-order chi connectivity index (χ1) is 1.41. The third-order valence-electron chi connectivity index (χ3n) is 0. The normalized spacial score (nSPS) is 4.50. The molecule has 0 aromatic rings. The fourth-order valence-electron chi connectivity index (χ4n) is 0. The SMILES string of the molecule is [I][BiH][I].[KH]. The number of halogens is 2. The van der Waals surface area contributed by atoms with Crippen LogP contribution in [0.25, 0.3) is 0 Å². The molecule has 0 aromatic carbocycles. The van der Waals surface area contributed by atoms with E-state index in [0.717, 1.165) is 0 Å². The zero-order chi connectivity index (χ0) is 2.71. The van der Waals surface area contributed by atoms with Gasteiger partial charge in [0, 0.05) is 0 Å². The quantitative estimate of drug-likeness (QED) is 0.333. The summed E-state index contributed by atoms with van der Waals surface area (Å²) in [5.41, 5.74) is 0. The zero-order valence-electron chi connectivity index (χ0n) is 1.26. The van der Waals surface area contributed by atoms with E-state index in [1.54, 1.807) is 0 Å². The van der Waals surface area contributed by atoms with Crippen LogP contribution in [0.1, 0.15) is 0 Å². The van der Waals surface area contributed by atoms with Gasteiger partial charge in [0.15, 0.2) is 0 Å². The van der Waals surface area contributed by atoms with E-state index in [-0.39, 0.29) is 66.2 Å². The van der Waals surface area contributed by atoms with Crippen molar-refractivity contribution < 1.29 is 0 Å². The molecule has 0 spiro atoms. The molecule has 0 amide bonds. The van der Waals surface area contributed by atoms with Crippen molar-refractivity contribution in [3.05, 3.63) is 0 Å². The molecular formula is H2BiI2K. The molecule has 0 aliphatic carbocycles. The van der Waals surface area contributed by atoms with Gasteiger partial charge in [0.25, 0.3) is 0 Å². The first-order valence-electron chi connectivity index (χ1n) is 0.378. The van der Waals surface area contributed by atoms with Gasteiger partial charge < -0.3 is 0 Å². The molecule has 0 fully saturated rings. The number of rotatable bonds is 0. The van der Waals surface area contributed by atoms with Gasteiger partial charge in [-0.15, -0.1) is 0 Å². The molecule has 0 saturated heterocycles. The summed E-state index contributed by atoms with van der Waals surface area (Å²) in [4.78, 5) is 0. The van der Waals surface area contributed by atoms with Crippen LogP contribution in [0, 0.1) is 0 Å². The summed E-state index contributed by atoms with van der Waals surface area (Å²) in [5.74, 6) is 0. The van der Waals surface area contributed by atoms with E-state index >= 15 is 0 Å². The van der Waals surface area contributed by atoms with Crippen molar-refractivity contribution in [2.75, 3.05) is 0 Å². The molecule has 0 heterocycles. The number of hydrogen-bond acceptors (Lipinski definition) is 0. The van der Waals surface area contributed by atoms with Crippen molar-refractivity contribution in [3.63, 3.8) is 0 Å². The molecular weight excluding hydrogens is 502 g/mol. The first kappa shape index (κ1) is 10.9. The van der Waals surface area contributed by atoms with Crippen LogP contribution in [0.5, 0.6) is 0 Å². The van der Waals surface area contributed by atoms with Gasteiger partial charge in [0.1, 0.15) is 0 Å². The molecule has 0 bridgehead atoms. The third-order valence-corrected chi connectivity index (χ3v) is 0. The molecule has 0 radical (unpaired) electrons. The maximum atomic E-state index is 2.47. The summed E-state index contributed by atoms with van der Waals surface area (Å²) >= 11 is 4.96. The molecule has 0 atom stereocenters. The molecule has 0 unspecified atom stereocenters. The Bertz CT molecular complexity index is 6.00. The molecule has 0 aliphatic heterocycles. The van der Waals surface area contributed by atoms with Gasteiger partial charge in [-0.1, -0.05) is 0 Å². The molecule has 0 rings (SSSR count). The van der Waals surface area contributed by atoms with Crippen LogP contribution in [0.4, 0.5) is 0 Å². The Kier molecular flexibility index (Phi) is 27.4. The van der Waals surface area contributed by atoms with Gasteiger partial charge in [0.2, 0.25) is 0 Å². The Morgan fingerprint density at radius 3 is 1.25 bits per heavy atom. The molecule has 0 N–H and O–H groups in total. The van der Waals surface area contributed by atoms with E-state index in [1.807, 2.05) is 0 Å². The Morgan fingerprint density at radius 1 is 1.25 bits per heavy atom. The Balaban J connectivity index is 0. The first-order valence-corrected chi connectivity index (χ1v) is 22.2. The topological polar surface area (TPSA) is 0 Å². The van der Waals surface area contributed by atoms with Crippen molar-refractivity contribution in [2.24, 2.45) is 0 Å². The van der Waals surface area contributed by atoms with Gasteiger partial charge in [-0.25, -0.2) is 0 Å². The van der Waals surface area contributed by atoms with E-state index in [2.05, 4.69) is 36.1 Å². The van der Waals surface area contributed by atoms with E-state index in [9.17, 15) is 0 Å². The van der Waals surface area contributed by atoms with Crippen molar-refractivity contribution in [1.29, 1.82) is 0 Å². The Labute approximate surface area is 98.6 Å². The monoisotopic (exact) mass is 504 g/mol. The Hall–Kier alpha value is 3.98. The number of hydrogen-bond donors (Lipinski definition) is 0. The Morgan fingerprint density at radius 2 is 1.25 bits per heavy atom. The fourth-order valence-corrected chi connectivity index (χ4v) is 0. The van der Waals surface area contributed by atoms with E-state index in [0.29, 0.717) is 0 Å². The van der Waals surface area contributed by atoms with Crippen molar-refractivity contribution in [3.8, 4) is 0 Å². The van der Waals surface area contributed by atoms with Gasteiger partial charge in [-0.05, 0) is 0 Å². The van der Waals surface area contributed by atoms with E-state index < -0.39 is 0 Å². The summed E-state index contributed by atoms with van der Waals surface area (Å²) in [6, 6.07) is 0. The molecule has 4 heteroatoms. The summed E-state index contributed by atoms with van der Waals surface area (Å²) in [6.45, 7) is 0. The summed E-state index contributed by atoms with van der Waals surface area (Å²) in [6.07, 6.45) is 0. The second-order valence-electron chi connectivity index (χ2n) is 0.0714. The van der Waals surface area contributed by atoms with Crippen molar-refractivity contribution in [2.45, 2.75) is 0 Å². The van der Waals surface area contributed by atoms with Crippen LogP contribution in [0.15, 0.2) is 0 Å². The van der Waals surface area contributed by atoms with Crippen LogP contribution in [0.2, 0.25) is 0 Å². The molecule has 0 aliphatic rings. The van der Waals surface area contributed by atoms with Crippen LogP contribution in [-0.2, 0) is 0 Å². The molecule has 0 nitrogen and oxygen atoms in total. The third kappa shape index (κ3) is 9.36. The van der Waals surface area contributed by atoms with Crippen LogP contribution in [-0.4, -0.2) is 66.2 Å². The van der Waals surface area contributed by atoms with Crippen molar-refractivity contribution >= 4 is 102 Å². The second kappa shape index (κ2) is 10.1. The maximum absolute atomic E-state index is 2.47. The molecule has 22 valence electrons. The molecule has 4 heavy (non-hydrogen) atoms. The minimum absolute atomic E-state index is 0. The second-order valence-corrected chi connectivity index (χ2v) is 28.2. The van der Waals surface area contributed by atoms with Crippen LogP contribution in [0.3, 0.4) is 0 Å². The van der Waals surface area contributed by atoms with Gasteiger partial charge in [-0.2, -0.15) is 0 Å². The average Bonchev–Trinajstić information content (AvgIpc) is 0.918. The van der Waals surface area contributed by atoms with Crippen LogP contribution >= 0.6 is 36.1 Å². The van der Waals surface area contributed by atoms with E-state index in [4.69, 9.17) is 0 Å². The zero-order valence-corrected chi connectivity index (χ0v) is 9.46. The average molecular weight is 504 g/mol. The van der Waals surface area contributed by atoms with Gasteiger partial charge >= 0.3 is 102 Å². The summed E-state index contributed by atoms with van der Waals surface area (Å²) in [5, 5.41) is 0. The molecule has 0 saturated carbocycles. The summed E-state index contributed by atoms with van der Waals surface area (Å²) < 4.78 is 0. The van der Waals surface area contributed by atoms with Crippen molar-refractivity contribution in [1.82, 2.24) is 0 Å². The molecule has 0 aromatic heterocycles. The van der Waals surface area contributed by atoms with Gasteiger partial charge in [0.05, 0.1) is 0 Å².